The molecule has 0 aliphatic rings. The van der Waals surface area contributed by atoms with Gasteiger partial charge in [0.2, 0.25) is 0 Å². The molecule has 17 heavy (non-hydrogen) atoms. The van der Waals surface area contributed by atoms with Gasteiger partial charge in [0.05, 0.1) is 5.60 Å². The number of nitrogens with two attached hydrogens (primary N) is 1. The van der Waals surface area contributed by atoms with Gasteiger partial charge in [-0.2, -0.15) is 0 Å². The first-order valence-electron chi connectivity index (χ1n) is 6.19. The Hall–Kier alpha value is -1.06. The first-order valence-corrected chi connectivity index (χ1v) is 6.19. The molecule has 96 valence electrons. The fraction of sp³-hybridized carbons (Fsp3) is 0.571. The van der Waals surface area contributed by atoms with E-state index in [1.807, 2.05) is 31.2 Å². The van der Waals surface area contributed by atoms with Crippen LogP contribution in [0.25, 0.3) is 0 Å². The molecule has 0 heterocycles. The standard InChI is InChI=1S/C14H23NO2/c1-4-13(15)11-6-8-12(9-7-11)17-10-14(3,16)5-2/h6-9,13,16H,4-5,10,15H2,1-3H3/t13-,14?/m0/s1. The normalized spacial score (nSPS) is 16.3. The van der Waals surface area contributed by atoms with Gasteiger partial charge in [0.25, 0.3) is 0 Å². The van der Waals surface area contributed by atoms with E-state index in [0.717, 1.165) is 17.7 Å². The molecular formula is C14H23NO2. The van der Waals surface area contributed by atoms with E-state index in [9.17, 15) is 5.11 Å². The molecule has 0 saturated heterocycles. The maximum absolute atomic E-state index is 9.82. The average Bonchev–Trinajstić information content (AvgIpc) is 2.36. The second kappa shape index (κ2) is 6.03. The number of hydrogen-bond donors (Lipinski definition) is 2. The molecule has 1 rings (SSSR count). The highest BCUT2D eigenvalue weighted by atomic mass is 16.5. The Labute approximate surface area is 104 Å². The van der Waals surface area contributed by atoms with E-state index in [4.69, 9.17) is 10.5 Å². The van der Waals surface area contributed by atoms with Gasteiger partial charge in [0.15, 0.2) is 0 Å². The van der Waals surface area contributed by atoms with Crippen LogP contribution in [0.15, 0.2) is 24.3 Å². The summed E-state index contributed by atoms with van der Waals surface area (Å²) < 4.78 is 5.54. The van der Waals surface area contributed by atoms with E-state index in [1.165, 1.54) is 0 Å². The van der Waals surface area contributed by atoms with Gasteiger partial charge in [-0.25, -0.2) is 0 Å². The first kappa shape index (κ1) is 14.0. The average molecular weight is 237 g/mol. The smallest absolute Gasteiger partial charge is 0.119 e. The Kier molecular flexibility index (Phi) is 4.97. The minimum absolute atomic E-state index is 0.0859. The van der Waals surface area contributed by atoms with Crippen LogP contribution in [-0.4, -0.2) is 17.3 Å². The third kappa shape index (κ3) is 4.36. The molecule has 0 bridgehead atoms. The van der Waals surface area contributed by atoms with E-state index in [-0.39, 0.29) is 6.04 Å². The number of benzene rings is 1. The summed E-state index contributed by atoms with van der Waals surface area (Å²) in [6, 6.07) is 7.84. The molecule has 0 spiro atoms. The molecule has 0 radical (unpaired) electrons. The predicted octanol–water partition coefficient (Wildman–Crippen LogP) is 2.64. The summed E-state index contributed by atoms with van der Waals surface area (Å²) in [5.74, 6) is 0.769. The second-order valence-electron chi connectivity index (χ2n) is 4.72. The maximum Gasteiger partial charge on any atom is 0.119 e. The van der Waals surface area contributed by atoms with Crippen LogP contribution in [0.2, 0.25) is 0 Å². The van der Waals surface area contributed by atoms with Crippen LogP contribution in [0.4, 0.5) is 0 Å². The molecule has 3 heteroatoms. The molecule has 0 fully saturated rings. The molecule has 2 atom stereocenters. The predicted molar refractivity (Wildman–Crippen MR) is 70.1 cm³/mol. The van der Waals surface area contributed by atoms with Gasteiger partial charge in [-0.1, -0.05) is 26.0 Å². The van der Waals surface area contributed by atoms with Crippen molar-refractivity contribution in [3.63, 3.8) is 0 Å². The summed E-state index contributed by atoms with van der Waals surface area (Å²) in [5.41, 5.74) is 6.28. The molecule has 0 saturated carbocycles. The van der Waals surface area contributed by atoms with E-state index >= 15 is 0 Å². The van der Waals surface area contributed by atoms with Crippen molar-refractivity contribution in [2.24, 2.45) is 5.73 Å². The molecule has 0 aromatic heterocycles. The largest absolute Gasteiger partial charge is 0.491 e. The fourth-order valence-electron chi connectivity index (χ4n) is 1.39. The van der Waals surface area contributed by atoms with E-state index in [1.54, 1.807) is 6.92 Å². The van der Waals surface area contributed by atoms with Crippen LogP contribution in [-0.2, 0) is 0 Å². The van der Waals surface area contributed by atoms with E-state index < -0.39 is 5.60 Å². The number of aliphatic hydroxyl groups is 1. The van der Waals surface area contributed by atoms with Crippen LogP contribution < -0.4 is 10.5 Å². The summed E-state index contributed by atoms with van der Waals surface area (Å²) in [6.45, 7) is 6.08. The van der Waals surface area contributed by atoms with Gasteiger partial charge >= 0.3 is 0 Å². The highest BCUT2D eigenvalue weighted by Gasteiger charge is 2.18. The minimum Gasteiger partial charge on any atom is -0.491 e. The van der Waals surface area contributed by atoms with Gasteiger partial charge in [0, 0.05) is 6.04 Å². The zero-order valence-corrected chi connectivity index (χ0v) is 10.9. The van der Waals surface area contributed by atoms with Crippen molar-refractivity contribution in [1.29, 1.82) is 0 Å². The molecule has 1 unspecified atom stereocenters. The Morgan fingerprint density at radius 2 is 1.88 bits per heavy atom. The maximum atomic E-state index is 9.82. The SMILES string of the molecule is CC[C@H](N)c1ccc(OCC(C)(O)CC)cc1. The van der Waals surface area contributed by atoms with Crippen molar-refractivity contribution in [2.75, 3.05) is 6.61 Å². The number of hydrogen-bond acceptors (Lipinski definition) is 3. The molecule has 1 aromatic rings. The Morgan fingerprint density at radius 1 is 1.29 bits per heavy atom. The summed E-state index contributed by atoms with van der Waals surface area (Å²) >= 11 is 0. The zero-order chi connectivity index (χ0) is 12.9. The summed E-state index contributed by atoms with van der Waals surface area (Å²) in [4.78, 5) is 0. The van der Waals surface area contributed by atoms with E-state index in [0.29, 0.717) is 13.0 Å². The second-order valence-corrected chi connectivity index (χ2v) is 4.72. The highest BCUT2D eigenvalue weighted by Crippen LogP contribution is 2.19. The topological polar surface area (TPSA) is 55.5 Å². The molecule has 3 N–H and O–H groups in total. The summed E-state index contributed by atoms with van der Waals surface area (Å²) in [7, 11) is 0. The molecule has 0 aliphatic carbocycles. The fourth-order valence-corrected chi connectivity index (χ4v) is 1.39. The molecule has 0 aliphatic heterocycles. The van der Waals surface area contributed by atoms with Crippen molar-refractivity contribution in [2.45, 2.75) is 45.3 Å². The molecule has 0 amide bonds. The molecular weight excluding hydrogens is 214 g/mol. The van der Waals surface area contributed by atoms with Gasteiger partial charge in [-0.05, 0) is 37.5 Å². The lowest BCUT2D eigenvalue weighted by atomic mass is 10.1. The summed E-state index contributed by atoms with van der Waals surface area (Å²) in [5, 5.41) is 9.82. The van der Waals surface area contributed by atoms with Crippen molar-refractivity contribution in [3.8, 4) is 5.75 Å². The lowest BCUT2D eigenvalue weighted by Crippen LogP contribution is -2.31. The van der Waals surface area contributed by atoms with Crippen molar-refractivity contribution < 1.29 is 9.84 Å². The van der Waals surface area contributed by atoms with E-state index in [2.05, 4.69) is 6.92 Å². The quantitative estimate of drug-likeness (QED) is 0.799. The highest BCUT2D eigenvalue weighted by molar-refractivity contribution is 5.29. The lowest BCUT2D eigenvalue weighted by molar-refractivity contribution is 0.00846. The minimum atomic E-state index is -0.765. The lowest BCUT2D eigenvalue weighted by Gasteiger charge is -2.21. The van der Waals surface area contributed by atoms with Crippen molar-refractivity contribution in [3.05, 3.63) is 29.8 Å². The van der Waals surface area contributed by atoms with Gasteiger partial charge in [0.1, 0.15) is 12.4 Å². The zero-order valence-electron chi connectivity index (χ0n) is 10.9. The third-order valence-electron chi connectivity index (χ3n) is 3.06. The van der Waals surface area contributed by atoms with Crippen LogP contribution in [0.3, 0.4) is 0 Å². The van der Waals surface area contributed by atoms with Crippen LogP contribution in [0.5, 0.6) is 5.75 Å². The van der Waals surface area contributed by atoms with Crippen LogP contribution >= 0.6 is 0 Å². The Balaban J connectivity index is 2.57. The van der Waals surface area contributed by atoms with Crippen molar-refractivity contribution in [1.82, 2.24) is 0 Å². The van der Waals surface area contributed by atoms with Crippen LogP contribution in [0, 0.1) is 0 Å². The third-order valence-corrected chi connectivity index (χ3v) is 3.06. The molecule has 1 aromatic carbocycles. The number of rotatable bonds is 6. The monoisotopic (exact) mass is 237 g/mol. The van der Waals surface area contributed by atoms with Gasteiger partial charge < -0.3 is 15.6 Å². The Morgan fingerprint density at radius 3 is 2.35 bits per heavy atom. The van der Waals surface area contributed by atoms with Crippen LogP contribution in [0.1, 0.15) is 45.2 Å². The van der Waals surface area contributed by atoms with Crippen molar-refractivity contribution >= 4 is 0 Å². The number of ether oxygens (including phenoxy) is 1. The van der Waals surface area contributed by atoms with Gasteiger partial charge in [-0.15, -0.1) is 0 Å². The summed E-state index contributed by atoms with van der Waals surface area (Å²) in [6.07, 6.45) is 1.59. The molecule has 3 nitrogen and oxygen atoms in total. The Bertz CT molecular complexity index is 333. The van der Waals surface area contributed by atoms with Gasteiger partial charge in [-0.3, -0.25) is 0 Å². The first-order chi connectivity index (χ1) is 7.98.